The molecule has 2 fully saturated rings. The van der Waals surface area contributed by atoms with Gasteiger partial charge in [-0.1, -0.05) is 0 Å². The molecule has 1 N–H and O–H groups in total. The van der Waals surface area contributed by atoms with E-state index in [2.05, 4.69) is 27.3 Å². The summed E-state index contributed by atoms with van der Waals surface area (Å²) < 4.78 is 5.59. The summed E-state index contributed by atoms with van der Waals surface area (Å²) in [7, 11) is 1.73. The molecule has 2 aliphatic heterocycles. The first-order valence-corrected chi connectivity index (χ1v) is 9.15. The van der Waals surface area contributed by atoms with E-state index in [4.69, 9.17) is 4.74 Å². The lowest BCUT2D eigenvalue weighted by Gasteiger charge is -2.40. The van der Waals surface area contributed by atoms with Crippen LogP contribution in [0.1, 0.15) is 38.3 Å². The van der Waals surface area contributed by atoms with Gasteiger partial charge in [0.25, 0.3) is 0 Å². The van der Waals surface area contributed by atoms with Crippen LogP contribution in [-0.2, 0) is 4.74 Å². The van der Waals surface area contributed by atoms with E-state index in [1.54, 1.807) is 7.11 Å². The molecule has 1 aromatic rings. The van der Waals surface area contributed by atoms with Crippen LogP contribution in [0.25, 0.3) is 0 Å². The van der Waals surface area contributed by atoms with Gasteiger partial charge in [0, 0.05) is 32.8 Å². The lowest BCUT2D eigenvalue weighted by Crippen LogP contribution is -2.56. The van der Waals surface area contributed by atoms with Crippen molar-refractivity contribution in [2.24, 2.45) is 0 Å². The number of aryl methyl sites for hydroxylation is 1. The second-order valence-electron chi connectivity index (χ2n) is 7.45. The van der Waals surface area contributed by atoms with Crippen molar-refractivity contribution in [3.05, 3.63) is 17.8 Å². The molecule has 0 aromatic carbocycles. The van der Waals surface area contributed by atoms with Gasteiger partial charge in [0.05, 0.1) is 17.8 Å². The molecule has 138 valence electrons. The van der Waals surface area contributed by atoms with E-state index in [-0.39, 0.29) is 17.7 Å². The van der Waals surface area contributed by atoms with Crippen molar-refractivity contribution in [3.63, 3.8) is 0 Å². The monoisotopic (exact) mass is 347 g/mol. The number of likely N-dealkylation sites (tertiary alicyclic amines) is 1. The Morgan fingerprint density at radius 1 is 1.32 bits per heavy atom. The van der Waals surface area contributed by atoms with Crippen LogP contribution in [-0.4, -0.2) is 66.1 Å². The number of hydrogen-bond acceptors (Lipinski definition) is 5. The van der Waals surface area contributed by atoms with E-state index in [0.29, 0.717) is 6.54 Å². The van der Waals surface area contributed by atoms with Crippen LogP contribution in [0.2, 0.25) is 0 Å². The largest absolute Gasteiger partial charge is 0.377 e. The minimum atomic E-state index is -0.230. The highest BCUT2D eigenvalue weighted by atomic mass is 16.5. The Labute approximate surface area is 149 Å². The number of nitrogens with zero attached hydrogens (tertiary/aromatic N) is 4. The van der Waals surface area contributed by atoms with Crippen molar-refractivity contribution in [2.75, 3.05) is 38.2 Å². The lowest BCUT2D eigenvalue weighted by atomic mass is 9.95. The Morgan fingerprint density at radius 2 is 2.16 bits per heavy atom. The highest BCUT2D eigenvalue weighted by Crippen LogP contribution is 2.24. The van der Waals surface area contributed by atoms with Gasteiger partial charge in [-0.15, -0.1) is 5.10 Å². The maximum atomic E-state index is 12.7. The molecule has 0 saturated carbocycles. The summed E-state index contributed by atoms with van der Waals surface area (Å²) in [4.78, 5) is 16.8. The third-order valence-corrected chi connectivity index (χ3v) is 5.30. The third-order valence-electron chi connectivity index (χ3n) is 5.30. The average Bonchev–Trinajstić information content (AvgIpc) is 2.62. The van der Waals surface area contributed by atoms with Gasteiger partial charge < -0.3 is 19.9 Å². The zero-order valence-corrected chi connectivity index (χ0v) is 15.5. The number of carbonyl (C=O) groups is 1. The topological polar surface area (TPSA) is 70.6 Å². The molecule has 2 saturated heterocycles. The molecule has 0 aliphatic carbocycles. The van der Waals surface area contributed by atoms with E-state index in [9.17, 15) is 4.79 Å². The molecule has 2 aliphatic rings. The number of urea groups is 1. The summed E-state index contributed by atoms with van der Waals surface area (Å²) in [5, 5.41) is 11.6. The SMILES string of the molecule is CO[C@@]1(C)CCCN(C(=O)N[C@@H]2CCCN(c3ccc(C)nn3)C2)C1. The van der Waals surface area contributed by atoms with Crippen LogP contribution in [0, 0.1) is 6.92 Å². The number of hydrogen-bond donors (Lipinski definition) is 1. The summed E-state index contributed by atoms with van der Waals surface area (Å²) in [5.74, 6) is 0.884. The smallest absolute Gasteiger partial charge is 0.317 e. The maximum absolute atomic E-state index is 12.7. The van der Waals surface area contributed by atoms with Gasteiger partial charge in [0.2, 0.25) is 0 Å². The number of ether oxygens (including phenoxy) is 1. The molecule has 25 heavy (non-hydrogen) atoms. The van der Waals surface area contributed by atoms with Gasteiger partial charge in [-0.25, -0.2) is 4.79 Å². The Morgan fingerprint density at radius 3 is 2.88 bits per heavy atom. The van der Waals surface area contributed by atoms with Gasteiger partial charge in [0.1, 0.15) is 0 Å². The Balaban J connectivity index is 1.57. The molecular weight excluding hydrogens is 318 g/mol. The molecule has 3 heterocycles. The van der Waals surface area contributed by atoms with Crippen LogP contribution in [0.4, 0.5) is 10.6 Å². The van der Waals surface area contributed by atoms with Gasteiger partial charge in [-0.3, -0.25) is 0 Å². The number of carbonyl (C=O) groups excluding carboxylic acids is 1. The molecule has 0 unspecified atom stereocenters. The van der Waals surface area contributed by atoms with Crippen LogP contribution in [0.15, 0.2) is 12.1 Å². The highest BCUT2D eigenvalue weighted by molar-refractivity contribution is 5.75. The average molecular weight is 347 g/mol. The number of aromatic nitrogens is 2. The Bertz CT molecular complexity index is 594. The quantitative estimate of drug-likeness (QED) is 0.905. The van der Waals surface area contributed by atoms with Crippen molar-refractivity contribution in [1.29, 1.82) is 0 Å². The fourth-order valence-electron chi connectivity index (χ4n) is 3.68. The summed E-state index contributed by atoms with van der Waals surface area (Å²) in [6.07, 6.45) is 4.01. The molecule has 7 heteroatoms. The van der Waals surface area contributed by atoms with E-state index in [1.807, 2.05) is 24.0 Å². The Kier molecular flexibility index (Phi) is 5.42. The van der Waals surface area contributed by atoms with Gasteiger partial charge in [-0.2, -0.15) is 5.10 Å². The van der Waals surface area contributed by atoms with Gasteiger partial charge in [-0.05, 0) is 51.7 Å². The fourth-order valence-corrected chi connectivity index (χ4v) is 3.68. The van der Waals surface area contributed by atoms with E-state index in [1.165, 1.54) is 0 Å². The molecule has 7 nitrogen and oxygen atoms in total. The number of piperidine rings is 2. The number of rotatable bonds is 3. The molecule has 1 aromatic heterocycles. The molecular formula is C18H29N5O2. The fraction of sp³-hybridized carbons (Fsp3) is 0.722. The second-order valence-corrected chi connectivity index (χ2v) is 7.45. The first kappa shape index (κ1) is 17.9. The van der Waals surface area contributed by atoms with Crippen LogP contribution in [0.3, 0.4) is 0 Å². The maximum Gasteiger partial charge on any atom is 0.317 e. The normalized spacial score (nSPS) is 27.2. The van der Waals surface area contributed by atoms with Crippen molar-refractivity contribution < 1.29 is 9.53 Å². The number of nitrogens with one attached hydrogen (secondary N) is 1. The standard InChI is InChI=1S/C18H29N5O2/c1-14-7-8-16(21-20-14)22-10-4-6-15(12-22)19-17(24)23-11-5-9-18(2,13-23)25-3/h7-8,15H,4-6,9-13H2,1-3H3,(H,19,24)/t15-,18+/m1/s1. The third kappa shape index (κ3) is 4.39. The van der Waals surface area contributed by atoms with Crippen molar-refractivity contribution in [3.8, 4) is 0 Å². The summed E-state index contributed by atoms with van der Waals surface area (Å²) in [5.41, 5.74) is 0.683. The molecule has 2 atom stereocenters. The van der Waals surface area contributed by atoms with Crippen molar-refractivity contribution in [2.45, 2.75) is 51.2 Å². The zero-order valence-electron chi connectivity index (χ0n) is 15.5. The predicted octanol–water partition coefficient (Wildman–Crippen LogP) is 1.96. The van der Waals surface area contributed by atoms with Crippen molar-refractivity contribution >= 4 is 11.8 Å². The summed E-state index contributed by atoms with van der Waals surface area (Å²) in [6.45, 7) is 7.18. The van der Waals surface area contributed by atoms with Gasteiger partial charge >= 0.3 is 6.03 Å². The Hall–Kier alpha value is -1.89. The summed E-state index contributed by atoms with van der Waals surface area (Å²) >= 11 is 0. The van der Waals surface area contributed by atoms with E-state index >= 15 is 0 Å². The van der Waals surface area contributed by atoms with Crippen LogP contribution in [0.5, 0.6) is 0 Å². The zero-order chi connectivity index (χ0) is 17.9. The number of methoxy groups -OCH3 is 1. The number of amides is 2. The highest BCUT2D eigenvalue weighted by Gasteiger charge is 2.34. The molecule has 3 rings (SSSR count). The second kappa shape index (κ2) is 7.56. The molecule has 0 bridgehead atoms. The van der Waals surface area contributed by atoms with E-state index in [0.717, 1.165) is 56.8 Å². The predicted molar refractivity (Wildman–Crippen MR) is 96.8 cm³/mol. The van der Waals surface area contributed by atoms with Crippen LogP contribution >= 0.6 is 0 Å². The minimum Gasteiger partial charge on any atom is -0.377 e. The first-order chi connectivity index (χ1) is 12.0. The summed E-state index contributed by atoms with van der Waals surface area (Å²) in [6, 6.07) is 4.13. The minimum absolute atomic E-state index is 0.0183. The van der Waals surface area contributed by atoms with Gasteiger partial charge in [0.15, 0.2) is 5.82 Å². The number of anilines is 1. The molecule has 2 amide bonds. The van der Waals surface area contributed by atoms with Crippen molar-refractivity contribution in [1.82, 2.24) is 20.4 Å². The lowest BCUT2D eigenvalue weighted by molar-refractivity contribution is -0.0403. The van der Waals surface area contributed by atoms with Crippen LogP contribution < -0.4 is 10.2 Å². The molecule has 0 radical (unpaired) electrons. The molecule has 0 spiro atoms. The first-order valence-electron chi connectivity index (χ1n) is 9.15. The van der Waals surface area contributed by atoms with E-state index < -0.39 is 0 Å².